The molecule has 0 aromatic rings. The highest BCUT2D eigenvalue weighted by Gasteiger charge is 2.29. The van der Waals surface area contributed by atoms with Crippen LogP contribution >= 0.6 is 7.14 Å². The average Bonchev–Trinajstić information content (AvgIpc) is 1.84. The van der Waals surface area contributed by atoms with Crippen molar-refractivity contribution in [3.8, 4) is 0 Å². The molecule has 0 atom stereocenters. The zero-order valence-electron chi connectivity index (χ0n) is 6.92. The Morgan fingerprint density at radius 1 is 1.20 bits per heavy atom. The summed E-state index contributed by atoms with van der Waals surface area (Å²) in [4.78, 5) is 0. The van der Waals surface area contributed by atoms with Crippen LogP contribution in [0.2, 0.25) is 0 Å². The van der Waals surface area contributed by atoms with E-state index in [0.717, 1.165) is 0 Å². The van der Waals surface area contributed by atoms with Crippen LogP contribution in [0.1, 0.15) is 20.8 Å². The van der Waals surface area contributed by atoms with Gasteiger partial charge >= 0.3 is 0 Å². The monoisotopic (exact) mass is 158 g/mol. The van der Waals surface area contributed by atoms with Crippen LogP contribution in [0, 0.1) is 0 Å². The molecule has 0 bridgehead atoms. The number of hydrogen-bond donors (Lipinski definition) is 0. The molecule has 0 fully saturated rings. The first kappa shape index (κ1) is 9.71. The van der Waals surface area contributed by atoms with Crippen LogP contribution < -0.4 is 0 Å². The molecule has 0 radical (unpaired) electrons. The van der Waals surface area contributed by atoms with Gasteiger partial charge in [0, 0.05) is 5.16 Å². The maximum Gasteiger partial charge on any atom is 0.133 e. The maximum absolute atomic E-state index is 11.7. The van der Waals surface area contributed by atoms with Gasteiger partial charge in [-0.1, -0.05) is 33.9 Å². The van der Waals surface area contributed by atoms with Crippen LogP contribution in [-0.4, -0.2) is 5.16 Å². The molecule has 0 N–H and O–H groups in total. The Bertz CT molecular complexity index is 174. The third-order valence-corrected chi connectivity index (χ3v) is 4.77. The van der Waals surface area contributed by atoms with Crippen molar-refractivity contribution >= 4 is 7.14 Å². The van der Waals surface area contributed by atoms with Gasteiger partial charge in [0.05, 0.1) is 0 Å². The van der Waals surface area contributed by atoms with Gasteiger partial charge in [0.15, 0.2) is 0 Å². The van der Waals surface area contributed by atoms with Crippen molar-refractivity contribution in [2.75, 3.05) is 0 Å². The first-order chi connectivity index (χ1) is 4.37. The van der Waals surface area contributed by atoms with E-state index in [9.17, 15) is 4.57 Å². The predicted octanol–water partition coefficient (Wildman–Crippen LogP) is 3.44. The van der Waals surface area contributed by atoms with Crippen LogP contribution in [0.4, 0.5) is 0 Å². The van der Waals surface area contributed by atoms with Gasteiger partial charge < -0.3 is 4.57 Å². The van der Waals surface area contributed by atoms with Crippen LogP contribution in [0.15, 0.2) is 24.8 Å². The molecule has 0 aromatic heterocycles. The lowest BCUT2D eigenvalue weighted by Gasteiger charge is -2.24. The summed E-state index contributed by atoms with van der Waals surface area (Å²) < 4.78 is 11.7. The Labute approximate surface area is 63.2 Å². The minimum Gasteiger partial charge on any atom is -0.314 e. The summed E-state index contributed by atoms with van der Waals surface area (Å²) in [6.45, 7) is 12.9. The average molecular weight is 158 g/mol. The van der Waals surface area contributed by atoms with E-state index in [1.165, 1.54) is 11.6 Å². The molecule has 10 heavy (non-hydrogen) atoms. The lowest BCUT2D eigenvalue weighted by atomic mass is 10.3. The molecule has 0 spiro atoms. The van der Waals surface area contributed by atoms with Crippen LogP contribution in [0.3, 0.4) is 0 Å². The highest BCUT2D eigenvalue weighted by molar-refractivity contribution is 7.71. The van der Waals surface area contributed by atoms with Gasteiger partial charge in [-0.25, -0.2) is 0 Å². The predicted molar refractivity (Wildman–Crippen MR) is 47.8 cm³/mol. The van der Waals surface area contributed by atoms with E-state index in [0.29, 0.717) is 0 Å². The summed E-state index contributed by atoms with van der Waals surface area (Å²) >= 11 is 0. The van der Waals surface area contributed by atoms with Crippen molar-refractivity contribution in [1.82, 2.24) is 0 Å². The molecule has 0 aliphatic rings. The van der Waals surface area contributed by atoms with Crippen molar-refractivity contribution in [1.29, 1.82) is 0 Å². The van der Waals surface area contributed by atoms with Crippen LogP contribution in [-0.2, 0) is 4.57 Å². The molecule has 2 heteroatoms. The Balaban J connectivity index is 4.86. The molecule has 0 aromatic carbocycles. The van der Waals surface area contributed by atoms with Gasteiger partial charge in [-0.05, 0) is 11.6 Å². The number of hydrogen-bond acceptors (Lipinski definition) is 1. The van der Waals surface area contributed by atoms with Crippen molar-refractivity contribution in [3.63, 3.8) is 0 Å². The van der Waals surface area contributed by atoms with E-state index in [2.05, 4.69) is 13.2 Å². The minimum absolute atomic E-state index is 0.226. The van der Waals surface area contributed by atoms with Crippen molar-refractivity contribution < 1.29 is 4.57 Å². The SMILES string of the molecule is C=CP(=O)(C=C)C(C)(C)C. The second-order valence-electron chi connectivity index (χ2n) is 3.25. The van der Waals surface area contributed by atoms with Crippen LogP contribution in [0.5, 0.6) is 0 Å². The third kappa shape index (κ3) is 1.60. The topological polar surface area (TPSA) is 17.1 Å². The normalized spacial score (nSPS) is 12.7. The first-order valence-electron chi connectivity index (χ1n) is 3.24. The van der Waals surface area contributed by atoms with Gasteiger partial charge in [0.2, 0.25) is 0 Å². The van der Waals surface area contributed by atoms with Crippen molar-refractivity contribution in [2.45, 2.75) is 25.9 Å². The molecule has 0 amide bonds. The number of rotatable bonds is 2. The first-order valence-corrected chi connectivity index (χ1v) is 5.08. The molecule has 0 saturated heterocycles. The van der Waals surface area contributed by atoms with E-state index < -0.39 is 7.14 Å². The summed E-state index contributed by atoms with van der Waals surface area (Å²) in [6.07, 6.45) is 0. The van der Waals surface area contributed by atoms with E-state index in [1.54, 1.807) is 0 Å². The van der Waals surface area contributed by atoms with Gasteiger partial charge in [0.25, 0.3) is 0 Å². The molecule has 0 aliphatic heterocycles. The van der Waals surface area contributed by atoms with Gasteiger partial charge in [0.1, 0.15) is 7.14 Å². The highest BCUT2D eigenvalue weighted by atomic mass is 31.2. The molecular formula is C8H15OP. The Hall–Kier alpha value is -0.290. The third-order valence-electron chi connectivity index (χ3n) is 1.59. The summed E-state index contributed by atoms with van der Waals surface area (Å²) in [7, 11) is -2.34. The van der Waals surface area contributed by atoms with E-state index in [-0.39, 0.29) is 5.16 Å². The van der Waals surface area contributed by atoms with Crippen molar-refractivity contribution in [2.24, 2.45) is 0 Å². The second kappa shape index (κ2) is 2.75. The van der Waals surface area contributed by atoms with E-state index >= 15 is 0 Å². The second-order valence-corrected chi connectivity index (χ2v) is 6.74. The molecule has 0 heterocycles. The summed E-state index contributed by atoms with van der Waals surface area (Å²) in [5.41, 5.74) is 0. The van der Waals surface area contributed by atoms with Crippen LogP contribution in [0.25, 0.3) is 0 Å². The smallest absolute Gasteiger partial charge is 0.133 e. The van der Waals surface area contributed by atoms with Gasteiger partial charge in [-0.2, -0.15) is 0 Å². The quantitative estimate of drug-likeness (QED) is 0.562. The summed E-state index contributed by atoms with van der Waals surface area (Å²) in [6, 6.07) is 0. The summed E-state index contributed by atoms with van der Waals surface area (Å²) in [5, 5.41) is -0.226. The highest BCUT2D eigenvalue weighted by Crippen LogP contribution is 2.59. The largest absolute Gasteiger partial charge is 0.314 e. The Morgan fingerprint density at radius 3 is 1.50 bits per heavy atom. The standard InChI is InChI=1S/C8H15OP/c1-6-10(9,7-2)8(3,4)5/h6-7H,1-2H2,3-5H3. The zero-order chi connectivity index (χ0) is 8.41. The van der Waals surface area contributed by atoms with E-state index in [4.69, 9.17) is 0 Å². The van der Waals surface area contributed by atoms with E-state index in [1.807, 2.05) is 20.8 Å². The molecular weight excluding hydrogens is 143 g/mol. The summed E-state index contributed by atoms with van der Waals surface area (Å²) in [5.74, 6) is 3.03. The fourth-order valence-corrected chi connectivity index (χ4v) is 1.87. The fraction of sp³-hybridized carbons (Fsp3) is 0.500. The molecule has 0 rings (SSSR count). The Kier molecular flexibility index (Phi) is 2.67. The molecule has 0 unspecified atom stereocenters. The molecule has 1 nitrogen and oxygen atoms in total. The molecule has 58 valence electrons. The minimum atomic E-state index is -2.34. The van der Waals surface area contributed by atoms with Gasteiger partial charge in [-0.3, -0.25) is 0 Å². The van der Waals surface area contributed by atoms with Crippen molar-refractivity contribution in [3.05, 3.63) is 24.8 Å². The van der Waals surface area contributed by atoms with Gasteiger partial charge in [-0.15, -0.1) is 0 Å². The maximum atomic E-state index is 11.7. The fourth-order valence-electron chi connectivity index (χ4n) is 0.622. The lowest BCUT2D eigenvalue weighted by Crippen LogP contribution is -2.11. The lowest BCUT2D eigenvalue weighted by molar-refractivity contribution is 0.563. The molecule has 0 saturated carbocycles. The zero-order valence-corrected chi connectivity index (χ0v) is 7.82. The molecule has 0 aliphatic carbocycles. The Morgan fingerprint density at radius 2 is 1.50 bits per heavy atom.